The molecule has 2 aromatic heterocycles. The van der Waals surface area contributed by atoms with E-state index in [1.807, 2.05) is 16.6 Å². The lowest BCUT2D eigenvalue weighted by Crippen LogP contribution is -1.96. The number of nitrogens with zero attached hydrogens (tertiary/aromatic N) is 3. The number of hydrogen-bond donors (Lipinski definition) is 0. The molecule has 0 spiro atoms. The van der Waals surface area contributed by atoms with E-state index in [1.165, 1.54) is 11.1 Å². The number of methoxy groups -OCH3 is 3. The molecular formula is C21H21N3O3S. The van der Waals surface area contributed by atoms with Crippen LogP contribution in [0.2, 0.25) is 0 Å². The Kier molecular flexibility index (Phi) is 4.68. The first kappa shape index (κ1) is 18.3. The van der Waals surface area contributed by atoms with Gasteiger partial charge < -0.3 is 14.2 Å². The molecule has 4 rings (SSSR count). The van der Waals surface area contributed by atoms with Crippen LogP contribution >= 0.6 is 11.3 Å². The number of aromatic nitrogens is 3. The molecule has 2 heterocycles. The molecule has 0 unspecified atom stereocenters. The number of hydrogen-bond acceptors (Lipinski definition) is 6. The van der Waals surface area contributed by atoms with Gasteiger partial charge in [-0.1, -0.05) is 17.2 Å². The van der Waals surface area contributed by atoms with Gasteiger partial charge in [0.1, 0.15) is 0 Å². The lowest BCUT2D eigenvalue weighted by Gasteiger charge is -2.12. The van der Waals surface area contributed by atoms with Crippen molar-refractivity contribution in [3.05, 3.63) is 46.8 Å². The first-order valence-corrected chi connectivity index (χ1v) is 9.65. The minimum Gasteiger partial charge on any atom is -0.493 e. The van der Waals surface area contributed by atoms with Crippen LogP contribution in [0.5, 0.6) is 17.2 Å². The van der Waals surface area contributed by atoms with Crippen LogP contribution < -0.4 is 14.2 Å². The van der Waals surface area contributed by atoms with E-state index < -0.39 is 0 Å². The van der Waals surface area contributed by atoms with Crippen LogP contribution in [0.4, 0.5) is 0 Å². The zero-order valence-corrected chi connectivity index (χ0v) is 17.3. The molecular weight excluding hydrogens is 374 g/mol. The molecule has 28 heavy (non-hydrogen) atoms. The summed E-state index contributed by atoms with van der Waals surface area (Å²) in [5.74, 6) is 2.30. The van der Waals surface area contributed by atoms with Crippen molar-refractivity contribution in [1.82, 2.24) is 14.6 Å². The van der Waals surface area contributed by atoms with Gasteiger partial charge in [-0.15, -0.1) is 16.4 Å². The number of thiazole rings is 1. The van der Waals surface area contributed by atoms with Crippen molar-refractivity contribution in [3.8, 4) is 39.9 Å². The normalized spacial score (nSPS) is 11.0. The van der Waals surface area contributed by atoms with Gasteiger partial charge in [-0.2, -0.15) is 4.98 Å². The average Bonchev–Trinajstić information content (AvgIpc) is 3.26. The second-order valence-corrected chi connectivity index (χ2v) is 7.38. The lowest BCUT2D eigenvalue weighted by atomic mass is 10.1. The molecule has 0 aliphatic carbocycles. The highest BCUT2D eigenvalue weighted by Gasteiger charge is 2.18. The van der Waals surface area contributed by atoms with E-state index in [9.17, 15) is 0 Å². The van der Waals surface area contributed by atoms with Crippen LogP contribution in [0.3, 0.4) is 0 Å². The summed E-state index contributed by atoms with van der Waals surface area (Å²) in [5.41, 5.74) is 5.40. The standard InChI is InChI=1S/C21H21N3O3S/c1-12-6-13(2)8-14(7-12)16-11-28-21-22-20(23-24(16)21)15-9-17(25-3)19(27-5)18(10-15)26-4/h6-11H,1-5H3. The van der Waals surface area contributed by atoms with Gasteiger partial charge in [0.05, 0.1) is 27.0 Å². The summed E-state index contributed by atoms with van der Waals surface area (Å²) in [4.78, 5) is 5.53. The van der Waals surface area contributed by atoms with Crippen molar-refractivity contribution in [3.63, 3.8) is 0 Å². The molecule has 0 saturated carbocycles. The summed E-state index contributed by atoms with van der Waals surface area (Å²) in [7, 11) is 4.78. The quantitative estimate of drug-likeness (QED) is 0.487. The van der Waals surface area contributed by atoms with E-state index >= 15 is 0 Å². The largest absolute Gasteiger partial charge is 0.493 e. The third-order valence-corrected chi connectivity index (χ3v) is 5.34. The van der Waals surface area contributed by atoms with Gasteiger partial charge in [0.25, 0.3) is 0 Å². The number of fused-ring (bicyclic) bond motifs is 1. The van der Waals surface area contributed by atoms with E-state index in [1.54, 1.807) is 32.7 Å². The molecule has 0 amide bonds. The zero-order valence-electron chi connectivity index (χ0n) is 16.4. The van der Waals surface area contributed by atoms with Crippen LogP contribution in [0.15, 0.2) is 35.7 Å². The topological polar surface area (TPSA) is 57.9 Å². The van der Waals surface area contributed by atoms with Gasteiger partial charge >= 0.3 is 0 Å². The Bertz CT molecular complexity index is 1120. The van der Waals surface area contributed by atoms with Gasteiger partial charge in [-0.25, -0.2) is 4.52 Å². The highest BCUT2D eigenvalue weighted by atomic mass is 32.1. The van der Waals surface area contributed by atoms with Crippen LogP contribution in [0.1, 0.15) is 11.1 Å². The van der Waals surface area contributed by atoms with Crippen LogP contribution in [-0.4, -0.2) is 35.9 Å². The van der Waals surface area contributed by atoms with Crippen LogP contribution in [0.25, 0.3) is 27.6 Å². The minimum absolute atomic E-state index is 0.547. The fourth-order valence-corrected chi connectivity index (χ4v) is 4.17. The lowest BCUT2D eigenvalue weighted by molar-refractivity contribution is 0.324. The summed E-state index contributed by atoms with van der Waals surface area (Å²) in [6.45, 7) is 4.20. The van der Waals surface area contributed by atoms with Gasteiger partial charge in [-0.05, 0) is 38.1 Å². The maximum Gasteiger partial charge on any atom is 0.213 e. The Hall–Kier alpha value is -3.06. The predicted octanol–water partition coefficient (Wildman–Crippen LogP) is 4.77. The van der Waals surface area contributed by atoms with Gasteiger partial charge in [0.15, 0.2) is 17.3 Å². The zero-order chi connectivity index (χ0) is 19.8. The first-order valence-electron chi connectivity index (χ1n) is 8.77. The Morgan fingerprint density at radius 1 is 0.821 bits per heavy atom. The third-order valence-electron chi connectivity index (χ3n) is 4.52. The molecule has 4 aromatic rings. The van der Waals surface area contributed by atoms with Crippen molar-refractivity contribution in [2.24, 2.45) is 0 Å². The molecule has 0 radical (unpaired) electrons. The number of rotatable bonds is 5. The molecule has 7 heteroatoms. The van der Waals surface area contributed by atoms with E-state index in [2.05, 4.69) is 37.4 Å². The van der Waals surface area contributed by atoms with Crippen molar-refractivity contribution < 1.29 is 14.2 Å². The second kappa shape index (κ2) is 7.16. The number of ether oxygens (including phenoxy) is 3. The van der Waals surface area contributed by atoms with Gasteiger partial charge in [0, 0.05) is 16.5 Å². The summed E-state index contributed by atoms with van der Waals surface area (Å²) in [5, 5.41) is 6.83. The summed E-state index contributed by atoms with van der Waals surface area (Å²) >= 11 is 1.57. The predicted molar refractivity (Wildman–Crippen MR) is 111 cm³/mol. The molecule has 0 aliphatic heterocycles. The highest BCUT2D eigenvalue weighted by Crippen LogP contribution is 2.41. The van der Waals surface area contributed by atoms with E-state index in [-0.39, 0.29) is 0 Å². The monoisotopic (exact) mass is 395 g/mol. The molecule has 144 valence electrons. The third kappa shape index (κ3) is 3.07. The SMILES string of the molecule is COc1cc(-c2nc3scc(-c4cc(C)cc(C)c4)n3n2)cc(OC)c1OC. The maximum absolute atomic E-state index is 5.45. The first-order chi connectivity index (χ1) is 13.5. The fourth-order valence-electron chi connectivity index (χ4n) is 3.33. The Balaban J connectivity index is 1.85. The number of benzene rings is 2. The molecule has 0 atom stereocenters. The van der Waals surface area contributed by atoms with Crippen LogP contribution in [-0.2, 0) is 0 Å². The average molecular weight is 395 g/mol. The van der Waals surface area contributed by atoms with Crippen molar-refractivity contribution in [2.45, 2.75) is 13.8 Å². The van der Waals surface area contributed by atoms with Crippen molar-refractivity contribution in [2.75, 3.05) is 21.3 Å². The highest BCUT2D eigenvalue weighted by molar-refractivity contribution is 7.15. The van der Waals surface area contributed by atoms with E-state index in [0.29, 0.717) is 23.1 Å². The molecule has 6 nitrogen and oxygen atoms in total. The number of aryl methyl sites for hydroxylation is 2. The summed E-state index contributed by atoms with van der Waals surface area (Å²) < 4.78 is 18.2. The summed E-state index contributed by atoms with van der Waals surface area (Å²) in [6.07, 6.45) is 0. The Morgan fingerprint density at radius 2 is 1.46 bits per heavy atom. The molecule has 0 N–H and O–H groups in total. The maximum atomic E-state index is 5.45. The molecule has 2 aromatic carbocycles. The molecule has 0 aliphatic rings. The van der Waals surface area contributed by atoms with E-state index in [0.717, 1.165) is 21.8 Å². The fraction of sp³-hybridized carbons (Fsp3) is 0.238. The van der Waals surface area contributed by atoms with Crippen LogP contribution in [0, 0.1) is 13.8 Å². The summed E-state index contributed by atoms with van der Waals surface area (Å²) in [6, 6.07) is 10.2. The Morgan fingerprint density at radius 3 is 2.04 bits per heavy atom. The van der Waals surface area contributed by atoms with Gasteiger partial charge in [0.2, 0.25) is 10.7 Å². The van der Waals surface area contributed by atoms with Gasteiger partial charge in [-0.3, -0.25) is 0 Å². The molecule has 0 bridgehead atoms. The van der Waals surface area contributed by atoms with Crippen molar-refractivity contribution in [1.29, 1.82) is 0 Å². The smallest absolute Gasteiger partial charge is 0.213 e. The van der Waals surface area contributed by atoms with E-state index in [4.69, 9.17) is 24.3 Å². The molecule has 0 saturated heterocycles. The second-order valence-electron chi connectivity index (χ2n) is 6.54. The van der Waals surface area contributed by atoms with Crippen molar-refractivity contribution >= 4 is 16.3 Å². The Labute approximate surface area is 167 Å². The minimum atomic E-state index is 0.547. The molecule has 0 fully saturated rings.